The Morgan fingerprint density at radius 3 is 2.52 bits per heavy atom. The molecule has 1 N–H and O–H groups in total. The molecule has 1 aliphatic heterocycles. The summed E-state index contributed by atoms with van der Waals surface area (Å²) >= 11 is 5.94. The molecular weight excluding hydrogens is 336 g/mol. The number of nitrogens with one attached hydrogen (secondary N) is 1. The summed E-state index contributed by atoms with van der Waals surface area (Å²) in [6.07, 6.45) is 4.78. The second-order valence-corrected chi connectivity index (χ2v) is 7.47. The zero-order valence-electron chi connectivity index (χ0n) is 15.2. The van der Waals surface area contributed by atoms with E-state index in [9.17, 15) is 9.59 Å². The summed E-state index contributed by atoms with van der Waals surface area (Å²) in [6, 6.07) is 7.55. The number of hydrogen-bond acceptors (Lipinski definition) is 2. The van der Waals surface area contributed by atoms with E-state index in [-0.39, 0.29) is 23.8 Å². The molecular formula is C20H27ClN2O2. The van der Waals surface area contributed by atoms with Gasteiger partial charge in [0.15, 0.2) is 0 Å². The van der Waals surface area contributed by atoms with Gasteiger partial charge in [0.25, 0.3) is 0 Å². The first-order chi connectivity index (χ1) is 11.9. The number of hydrogen-bond donors (Lipinski definition) is 1. The van der Waals surface area contributed by atoms with Crippen molar-refractivity contribution in [2.75, 3.05) is 13.1 Å². The Balaban J connectivity index is 1.83. The van der Waals surface area contributed by atoms with Crippen LogP contribution in [-0.4, -0.2) is 35.8 Å². The fraction of sp³-hybridized carbons (Fsp3) is 0.500. The number of carbonyl (C=O) groups excluding carboxylic acids is 2. The molecule has 1 aliphatic rings. The first-order valence-corrected chi connectivity index (χ1v) is 9.27. The lowest BCUT2D eigenvalue weighted by atomic mass is 9.94. The molecule has 1 heterocycles. The van der Waals surface area contributed by atoms with Crippen molar-refractivity contribution in [3.63, 3.8) is 0 Å². The number of halogens is 1. The number of amides is 2. The molecule has 1 aromatic carbocycles. The molecule has 136 valence electrons. The summed E-state index contributed by atoms with van der Waals surface area (Å²) < 4.78 is 0. The fourth-order valence-electron chi connectivity index (χ4n) is 2.75. The molecule has 1 aromatic rings. The quantitative estimate of drug-likeness (QED) is 0.811. The van der Waals surface area contributed by atoms with Gasteiger partial charge >= 0.3 is 0 Å². The smallest absolute Gasteiger partial charge is 0.246 e. The van der Waals surface area contributed by atoms with Crippen LogP contribution >= 0.6 is 11.6 Å². The van der Waals surface area contributed by atoms with Crippen LogP contribution in [0.4, 0.5) is 0 Å². The normalized spacial score (nSPS) is 17.1. The van der Waals surface area contributed by atoms with Gasteiger partial charge in [-0.15, -0.1) is 0 Å². The van der Waals surface area contributed by atoms with E-state index in [1.807, 2.05) is 25.1 Å². The van der Waals surface area contributed by atoms with Gasteiger partial charge in [0, 0.05) is 36.1 Å². The first kappa shape index (κ1) is 19.5. The van der Waals surface area contributed by atoms with Crippen LogP contribution in [0.25, 0.3) is 6.08 Å². The van der Waals surface area contributed by atoms with Gasteiger partial charge in [0.05, 0.1) is 0 Å². The van der Waals surface area contributed by atoms with E-state index < -0.39 is 0 Å². The number of nitrogens with zero attached hydrogens (tertiary/aromatic N) is 1. The lowest BCUT2D eigenvalue weighted by Gasteiger charge is -2.31. The second kappa shape index (κ2) is 9.04. The van der Waals surface area contributed by atoms with Crippen molar-refractivity contribution in [1.82, 2.24) is 10.2 Å². The summed E-state index contributed by atoms with van der Waals surface area (Å²) in [5, 5.41) is 3.73. The van der Waals surface area contributed by atoms with E-state index in [0.29, 0.717) is 36.9 Å². The first-order valence-electron chi connectivity index (χ1n) is 8.89. The van der Waals surface area contributed by atoms with E-state index in [1.54, 1.807) is 23.1 Å². The highest BCUT2D eigenvalue weighted by molar-refractivity contribution is 6.30. The van der Waals surface area contributed by atoms with E-state index >= 15 is 0 Å². The number of piperidine rings is 1. The summed E-state index contributed by atoms with van der Waals surface area (Å²) in [4.78, 5) is 26.4. The third-order valence-electron chi connectivity index (χ3n) is 4.81. The Bertz CT molecular complexity index is 634. The Morgan fingerprint density at radius 2 is 1.92 bits per heavy atom. The molecule has 0 aliphatic carbocycles. The fourth-order valence-corrected chi connectivity index (χ4v) is 2.95. The highest BCUT2D eigenvalue weighted by Crippen LogP contribution is 2.19. The molecule has 0 spiro atoms. The second-order valence-electron chi connectivity index (χ2n) is 7.03. The van der Waals surface area contributed by atoms with Crippen LogP contribution in [0.2, 0.25) is 5.02 Å². The van der Waals surface area contributed by atoms with Gasteiger partial charge < -0.3 is 10.2 Å². The Kier molecular flexibility index (Phi) is 7.06. The number of rotatable bonds is 5. The van der Waals surface area contributed by atoms with Crippen LogP contribution in [0, 0.1) is 11.8 Å². The van der Waals surface area contributed by atoms with E-state index in [0.717, 1.165) is 5.56 Å². The minimum absolute atomic E-state index is 0.00200. The van der Waals surface area contributed by atoms with Gasteiger partial charge in [-0.05, 0) is 49.5 Å². The third-order valence-corrected chi connectivity index (χ3v) is 5.05. The van der Waals surface area contributed by atoms with Gasteiger partial charge in [0.2, 0.25) is 11.8 Å². The van der Waals surface area contributed by atoms with Crippen LogP contribution in [0.3, 0.4) is 0 Å². The van der Waals surface area contributed by atoms with Gasteiger partial charge in [-0.2, -0.15) is 0 Å². The molecule has 25 heavy (non-hydrogen) atoms. The third kappa shape index (κ3) is 5.89. The Labute approximate surface area is 155 Å². The minimum Gasteiger partial charge on any atom is -0.353 e. The van der Waals surface area contributed by atoms with Crippen LogP contribution in [0.15, 0.2) is 30.3 Å². The highest BCUT2D eigenvalue weighted by Gasteiger charge is 2.27. The Morgan fingerprint density at radius 1 is 1.24 bits per heavy atom. The van der Waals surface area contributed by atoms with Crippen molar-refractivity contribution in [3.8, 4) is 0 Å². The molecule has 0 aromatic heterocycles. The summed E-state index contributed by atoms with van der Waals surface area (Å²) in [5.74, 6) is 0.515. The van der Waals surface area contributed by atoms with Gasteiger partial charge in [-0.25, -0.2) is 0 Å². The monoisotopic (exact) mass is 362 g/mol. The van der Waals surface area contributed by atoms with Crippen LogP contribution in [-0.2, 0) is 9.59 Å². The zero-order chi connectivity index (χ0) is 18.4. The van der Waals surface area contributed by atoms with Crippen LogP contribution in [0.1, 0.15) is 39.2 Å². The number of carbonyl (C=O) groups is 2. The predicted molar refractivity (Wildman–Crippen MR) is 102 cm³/mol. The Hall–Kier alpha value is -1.81. The number of likely N-dealkylation sites (tertiary alicyclic amines) is 1. The maximum atomic E-state index is 12.3. The standard InChI is InChI=1S/C20H27ClN2O2/c1-14(2)15(3)22-20(25)17-9-11-23(12-10-17)19(24)8-7-16-5-4-6-18(21)13-16/h4-8,13-15,17H,9-12H2,1-3H3,(H,22,25)/b8-7+. The van der Waals surface area contributed by atoms with Crippen molar-refractivity contribution >= 4 is 29.5 Å². The molecule has 0 bridgehead atoms. The summed E-state index contributed by atoms with van der Waals surface area (Å²) in [6.45, 7) is 7.46. The average molecular weight is 363 g/mol. The molecule has 4 nitrogen and oxygen atoms in total. The molecule has 0 radical (unpaired) electrons. The molecule has 2 amide bonds. The highest BCUT2D eigenvalue weighted by atomic mass is 35.5. The molecule has 0 saturated carbocycles. The molecule has 1 fully saturated rings. The molecule has 2 rings (SSSR count). The zero-order valence-corrected chi connectivity index (χ0v) is 15.9. The van der Waals surface area contributed by atoms with E-state index in [2.05, 4.69) is 19.2 Å². The minimum atomic E-state index is -0.0191. The largest absolute Gasteiger partial charge is 0.353 e. The maximum absolute atomic E-state index is 12.3. The van der Waals surface area contributed by atoms with Crippen molar-refractivity contribution in [2.24, 2.45) is 11.8 Å². The molecule has 5 heteroatoms. The van der Waals surface area contributed by atoms with E-state index in [1.165, 1.54) is 0 Å². The lowest BCUT2D eigenvalue weighted by Crippen LogP contribution is -2.45. The maximum Gasteiger partial charge on any atom is 0.246 e. The van der Waals surface area contributed by atoms with Gasteiger partial charge in [-0.1, -0.05) is 37.6 Å². The van der Waals surface area contributed by atoms with Crippen LogP contribution < -0.4 is 5.32 Å². The summed E-state index contributed by atoms with van der Waals surface area (Å²) in [5.41, 5.74) is 0.901. The molecule has 1 saturated heterocycles. The SMILES string of the molecule is CC(C)C(C)NC(=O)C1CCN(C(=O)/C=C/c2cccc(Cl)c2)CC1. The van der Waals surface area contributed by atoms with Crippen molar-refractivity contribution in [1.29, 1.82) is 0 Å². The van der Waals surface area contributed by atoms with Gasteiger partial charge in [0.1, 0.15) is 0 Å². The van der Waals surface area contributed by atoms with Crippen molar-refractivity contribution in [3.05, 3.63) is 40.9 Å². The molecule has 1 unspecified atom stereocenters. The topological polar surface area (TPSA) is 49.4 Å². The van der Waals surface area contributed by atoms with Crippen molar-refractivity contribution in [2.45, 2.75) is 39.7 Å². The summed E-state index contributed by atoms with van der Waals surface area (Å²) in [7, 11) is 0. The number of benzene rings is 1. The molecule has 1 atom stereocenters. The average Bonchev–Trinajstić information content (AvgIpc) is 2.59. The van der Waals surface area contributed by atoms with Crippen molar-refractivity contribution < 1.29 is 9.59 Å². The van der Waals surface area contributed by atoms with Crippen LogP contribution in [0.5, 0.6) is 0 Å². The van der Waals surface area contributed by atoms with Gasteiger partial charge in [-0.3, -0.25) is 9.59 Å². The predicted octanol–water partition coefficient (Wildman–Crippen LogP) is 3.75. The lowest BCUT2D eigenvalue weighted by molar-refractivity contribution is -0.132. The van der Waals surface area contributed by atoms with E-state index in [4.69, 9.17) is 11.6 Å².